The van der Waals surface area contributed by atoms with Crippen LogP contribution in [0.15, 0.2) is 40.9 Å². The maximum absolute atomic E-state index is 11.6. The number of hydrogen-bond acceptors (Lipinski definition) is 3. The number of hydrazine groups is 1. The number of carbonyl (C=O) groups excluding carboxylic acids is 2. The summed E-state index contributed by atoms with van der Waals surface area (Å²) in [5, 5.41) is 2.12. The van der Waals surface area contributed by atoms with Crippen LogP contribution in [-0.4, -0.2) is 18.4 Å². The molecular formula is C16H15BrN2O3. The maximum Gasteiger partial charge on any atom is 0.276 e. The molecule has 0 saturated heterocycles. The molecule has 1 aliphatic rings. The van der Waals surface area contributed by atoms with Gasteiger partial charge in [0.1, 0.15) is 5.75 Å². The van der Waals surface area contributed by atoms with Crippen LogP contribution in [0.4, 0.5) is 0 Å². The molecule has 22 heavy (non-hydrogen) atoms. The van der Waals surface area contributed by atoms with E-state index in [0.717, 1.165) is 28.1 Å². The zero-order valence-corrected chi connectivity index (χ0v) is 13.4. The number of halogens is 1. The fourth-order valence-electron chi connectivity index (χ4n) is 2.05. The van der Waals surface area contributed by atoms with Gasteiger partial charge in [-0.25, -0.2) is 0 Å². The highest BCUT2D eigenvalue weighted by Crippen LogP contribution is 2.28. The molecule has 114 valence electrons. The molecule has 5 nitrogen and oxygen atoms in total. The third kappa shape index (κ3) is 3.76. The molecular weight excluding hydrogens is 348 g/mol. The van der Waals surface area contributed by atoms with Gasteiger partial charge in [0.15, 0.2) is 6.61 Å². The van der Waals surface area contributed by atoms with E-state index in [1.54, 1.807) is 0 Å². The Bertz CT molecular complexity index is 728. The molecule has 0 bridgehead atoms. The maximum atomic E-state index is 11.6. The van der Waals surface area contributed by atoms with Crippen molar-refractivity contribution in [2.45, 2.75) is 12.8 Å². The van der Waals surface area contributed by atoms with Crippen molar-refractivity contribution in [3.8, 4) is 5.75 Å². The summed E-state index contributed by atoms with van der Waals surface area (Å²) < 4.78 is 6.45. The molecule has 0 unspecified atom stereocenters. The molecule has 2 aromatic rings. The summed E-state index contributed by atoms with van der Waals surface area (Å²) in [7, 11) is 0. The molecule has 2 amide bonds. The second-order valence-corrected chi connectivity index (χ2v) is 6.17. The summed E-state index contributed by atoms with van der Waals surface area (Å²) in [6.07, 6.45) is 1.79. The van der Waals surface area contributed by atoms with Crippen LogP contribution < -0.4 is 15.6 Å². The Kier molecular flexibility index (Phi) is 4.29. The molecule has 0 radical (unpaired) electrons. The average Bonchev–Trinajstić information content (AvgIpc) is 3.35. The van der Waals surface area contributed by atoms with Gasteiger partial charge in [-0.15, -0.1) is 0 Å². The van der Waals surface area contributed by atoms with E-state index in [-0.39, 0.29) is 24.3 Å². The Morgan fingerprint density at radius 1 is 1.09 bits per heavy atom. The molecule has 1 saturated carbocycles. The first-order valence-corrected chi connectivity index (χ1v) is 7.82. The Balaban J connectivity index is 1.53. The lowest BCUT2D eigenvalue weighted by Crippen LogP contribution is -2.44. The van der Waals surface area contributed by atoms with E-state index < -0.39 is 0 Å². The van der Waals surface area contributed by atoms with Crippen molar-refractivity contribution in [2.24, 2.45) is 5.92 Å². The number of ether oxygens (including phenoxy) is 1. The number of amides is 2. The summed E-state index contributed by atoms with van der Waals surface area (Å²) in [6.45, 7) is -0.146. The molecule has 6 heteroatoms. The van der Waals surface area contributed by atoms with E-state index in [4.69, 9.17) is 4.74 Å². The van der Waals surface area contributed by atoms with Gasteiger partial charge in [0.2, 0.25) is 5.91 Å². The number of rotatable bonds is 4. The average molecular weight is 363 g/mol. The number of nitrogens with one attached hydrogen (secondary N) is 2. The quantitative estimate of drug-likeness (QED) is 0.821. The predicted molar refractivity (Wildman–Crippen MR) is 86.2 cm³/mol. The van der Waals surface area contributed by atoms with Crippen molar-refractivity contribution in [3.05, 3.63) is 40.9 Å². The standard InChI is InChI=1S/C16H15BrN2O3/c17-13-5-3-12-8-14(6-4-11(12)7-13)22-9-15(20)18-19-16(21)10-1-2-10/h3-8,10H,1-2,9H2,(H,18,20)(H,19,21). The molecule has 1 aliphatic carbocycles. The minimum absolute atomic E-state index is 0.0565. The molecule has 2 N–H and O–H groups in total. The number of carbonyl (C=O) groups is 2. The zero-order chi connectivity index (χ0) is 15.5. The molecule has 0 atom stereocenters. The van der Waals surface area contributed by atoms with Gasteiger partial charge in [0.05, 0.1) is 0 Å². The van der Waals surface area contributed by atoms with Gasteiger partial charge in [-0.3, -0.25) is 20.4 Å². The minimum Gasteiger partial charge on any atom is -0.484 e. The zero-order valence-electron chi connectivity index (χ0n) is 11.8. The minimum atomic E-state index is -0.384. The van der Waals surface area contributed by atoms with E-state index in [9.17, 15) is 9.59 Å². The first kappa shape index (κ1) is 14.8. The third-order valence-corrected chi connectivity index (χ3v) is 3.91. The summed E-state index contributed by atoms with van der Waals surface area (Å²) in [4.78, 5) is 23.0. The summed E-state index contributed by atoms with van der Waals surface area (Å²) in [6, 6.07) is 11.6. The fraction of sp³-hybridized carbons (Fsp3) is 0.250. The van der Waals surface area contributed by atoms with E-state index in [0.29, 0.717) is 5.75 Å². The van der Waals surface area contributed by atoms with Crippen LogP contribution in [-0.2, 0) is 9.59 Å². The Morgan fingerprint density at radius 2 is 1.82 bits per heavy atom. The first-order valence-electron chi connectivity index (χ1n) is 7.02. The van der Waals surface area contributed by atoms with Crippen molar-refractivity contribution < 1.29 is 14.3 Å². The normalized spacial score (nSPS) is 13.7. The van der Waals surface area contributed by atoms with Crippen LogP contribution in [0.5, 0.6) is 5.75 Å². The second-order valence-electron chi connectivity index (χ2n) is 5.25. The van der Waals surface area contributed by atoms with Crippen molar-refractivity contribution in [1.29, 1.82) is 0 Å². The summed E-state index contributed by atoms with van der Waals surface area (Å²) in [5.41, 5.74) is 4.74. The highest BCUT2D eigenvalue weighted by atomic mass is 79.9. The van der Waals surface area contributed by atoms with Gasteiger partial charge in [-0.1, -0.05) is 28.1 Å². The first-order chi connectivity index (χ1) is 10.6. The number of fused-ring (bicyclic) bond motifs is 1. The van der Waals surface area contributed by atoms with Crippen molar-refractivity contribution in [3.63, 3.8) is 0 Å². The topological polar surface area (TPSA) is 67.4 Å². The fourth-order valence-corrected chi connectivity index (χ4v) is 2.43. The molecule has 0 aromatic heterocycles. The highest BCUT2D eigenvalue weighted by Gasteiger charge is 2.29. The Hall–Kier alpha value is -2.08. The number of hydrogen-bond donors (Lipinski definition) is 2. The van der Waals surface area contributed by atoms with Crippen LogP contribution >= 0.6 is 15.9 Å². The smallest absolute Gasteiger partial charge is 0.276 e. The molecule has 1 fully saturated rings. The van der Waals surface area contributed by atoms with Crippen LogP contribution in [0, 0.1) is 5.92 Å². The van der Waals surface area contributed by atoms with Crippen molar-refractivity contribution >= 4 is 38.5 Å². The lowest BCUT2D eigenvalue weighted by molar-refractivity contribution is -0.130. The van der Waals surface area contributed by atoms with Crippen LogP contribution in [0.3, 0.4) is 0 Å². The largest absolute Gasteiger partial charge is 0.484 e. The lowest BCUT2D eigenvalue weighted by atomic mass is 10.1. The van der Waals surface area contributed by atoms with Gasteiger partial charge in [0, 0.05) is 10.4 Å². The third-order valence-electron chi connectivity index (χ3n) is 3.42. The summed E-state index contributed by atoms with van der Waals surface area (Å²) >= 11 is 3.43. The van der Waals surface area contributed by atoms with Crippen LogP contribution in [0.2, 0.25) is 0 Å². The van der Waals surface area contributed by atoms with Crippen molar-refractivity contribution in [1.82, 2.24) is 10.9 Å². The predicted octanol–water partition coefficient (Wildman–Crippen LogP) is 2.54. The second kappa shape index (κ2) is 6.36. The lowest BCUT2D eigenvalue weighted by Gasteiger charge is -2.09. The van der Waals surface area contributed by atoms with Crippen LogP contribution in [0.25, 0.3) is 10.8 Å². The van der Waals surface area contributed by atoms with Gasteiger partial charge in [-0.2, -0.15) is 0 Å². The Labute approximate surface area is 136 Å². The van der Waals surface area contributed by atoms with Crippen LogP contribution in [0.1, 0.15) is 12.8 Å². The SMILES string of the molecule is O=C(COc1ccc2cc(Br)ccc2c1)NNC(=O)C1CC1. The van der Waals surface area contributed by atoms with Gasteiger partial charge in [-0.05, 0) is 47.9 Å². The molecule has 3 rings (SSSR count). The molecule has 0 heterocycles. The van der Waals surface area contributed by atoms with E-state index in [2.05, 4.69) is 26.8 Å². The highest BCUT2D eigenvalue weighted by molar-refractivity contribution is 9.10. The van der Waals surface area contributed by atoms with Crippen molar-refractivity contribution in [2.75, 3.05) is 6.61 Å². The Morgan fingerprint density at radius 3 is 2.59 bits per heavy atom. The van der Waals surface area contributed by atoms with E-state index in [1.165, 1.54) is 0 Å². The molecule has 0 spiro atoms. The van der Waals surface area contributed by atoms with E-state index >= 15 is 0 Å². The summed E-state index contributed by atoms with van der Waals surface area (Å²) in [5.74, 6) is 0.147. The van der Waals surface area contributed by atoms with E-state index in [1.807, 2.05) is 36.4 Å². The molecule has 0 aliphatic heterocycles. The van der Waals surface area contributed by atoms with Gasteiger partial charge in [0.25, 0.3) is 5.91 Å². The molecule has 2 aromatic carbocycles. The van der Waals surface area contributed by atoms with Gasteiger partial charge >= 0.3 is 0 Å². The number of benzene rings is 2. The monoisotopic (exact) mass is 362 g/mol. The van der Waals surface area contributed by atoms with Gasteiger partial charge < -0.3 is 4.74 Å².